The molecule has 1 aromatic carbocycles. The van der Waals surface area contributed by atoms with Crippen molar-refractivity contribution in [3.8, 4) is 0 Å². The van der Waals surface area contributed by atoms with Crippen molar-refractivity contribution < 1.29 is 14.0 Å². The van der Waals surface area contributed by atoms with Gasteiger partial charge in [-0.1, -0.05) is 28.9 Å². The van der Waals surface area contributed by atoms with E-state index >= 15 is 4.39 Å². The molecule has 4 heterocycles. The van der Waals surface area contributed by atoms with Crippen molar-refractivity contribution in [2.75, 3.05) is 11.1 Å². The number of pyridine rings is 1. The predicted octanol–water partition coefficient (Wildman–Crippen LogP) is 4.24. The Hall–Kier alpha value is -3.12. The largest absolute Gasteiger partial charge is 0.383 e. The van der Waals surface area contributed by atoms with Gasteiger partial charge in [0, 0.05) is 15.9 Å². The van der Waals surface area contributed by atoms with E-state index in [0.717, 1.165) is 6.42 Å². The summed E-state index contributed by atoms with van der Waals surface area (Å²) < 4.78 is 17.8. The molecular formula is C24H20Br2FN7O2. The fourth-order valence-electron chi connectivity index (χ4n) is 5.41. The second kappa shape index (κ2) is 8.20. The van der Waals surface area contributed by atoms with E-state index in [1.54, 1.807) is 29.2 Å². The van der Waals surface area contributed by atoms with Crippen LogP contribution < -0.4 is 11.1 Å². The molecular weight excluding hydrogens is 597 g/mol. The van der Waals surface area contributed by atoms with Crippen LogP contribution in [0.2, 0.25) is 0 Å². The van der Waals surface area contributed by atoms with E-state index in [1.807, 2.05) is 0 Å². The van der Waals surface area contributed by atoms with E-state index in [1.165, 1.54) is 17.0 Å². The third-order valence-electron chi connectivity index (χ3n) is 7.17. The number of aromatic nitrogens is 4. The highest BCUT2D eigenvalue weighted by atomic mass is 79.9. The highest BCUT2D eigenvalue weighted by Gasteiger charge is 2.64. The zero-order chi connectivity index (χ0) is 25.4. The molecule has 2 aliphatic rings. The second-order valence-electron chi connectivity index (χ2n) is 9.56. The summed E-state index contributed by atoms with van der Waals surface area (Å²) in [5.74, 6) is -0.511. The fourth-order valence-corrected chi connectivity index (χ4v) is 6.18. The van der Waals surface area contributed by atoms with Crippen LogP contribution in [-0.4, -0.2) is 48.3 Å². The molecule has 1 aliphatic carbocycles. The van der Waals surface area contributed by atoms with Gasteiger partial charge in [0.25, 0.3) is 0 Å². The molecule has 0 spiro atoms. The quantitative estimate of drug-likeness (QED) is 0.331. The van der Waals surface area contributed by atoms with Gasteiger partial charge in [0.15, 0.2) is 0 Å². The molecule has 184 valence electrons. The lowest BCUT2D eigenvalue weighted by Crippen LogP contribution is -2.46. The minimum absolute atomic E-state index is 0.0528. The molecule has 1 saturated carbocycles. The molecule has 3 aromatic heterocycles. The van der Waals surface area contributed by atoms with Gasteiger partial charge in [-0.3, -0.25) is 9.59 Å². The fraction of sp³-hybridized carbons (Fsp3) is 0.292. The maximum atomic E-state index is 15.2. The van der Waals surface area contributed by atoms with Crippen LogP contribution in [0.1, 0.15) is 19.8 Å². The van der Waals surface area contributed by atoms with Crippen LogP contribution in [0.4, 0.5) is 16.0 Å². The summed E-state index contributed by atoms with van der Waals surface area (Å²) in [6.45, 7) is 1.88. The molecule has 1 unspecified atom stereocenters. The lowest BCUT2D eigenvalue weighted by molar-refractivity contribution is -0.138. The first-order valence-electron chi connectivity index (χ1n) is 11.3. The SMILES string of the molecule is C[C@]12CC1N(C(=O)Cn1c3ncnc(N)c3c3cc(Br)cc(F)c31)[C@H](C(=O)Nc1cccc(Br)n1)C2. The average molecular weight is 617 g/mol. The van der Waals surface area contributed by atoms with Gasteiger partial charge >= 0.3 is 0 Å². The minimum atomic E-state index is -0.659. The lowest BCUT2D eigenvalue weighted by atomic mass is 10.0. The van der Waals surface area contributed by atoms with E-state index < -0.39 is 11.9 Å². The molecule has 3 N–H and O–H groups in total. The molecule has 2 fully saturated rings. The van der Waals surface area contributed by atoms with Gasteiger partial charge in [-0.2, -0.15) is 0 Å². The number of fused-ring (bicyclic) bond motifs is 4. The van der Waals surface area contributed by atoms with Crippen molar-refractivity contribution in [1.29, 1.82) is 0 Å². The number of piperidine rings is 1. The van der Waals surface area contributed by atoms with Crippen molar-refractivity contribution >= 4 is 77.2 Å². The predicted molar refractivity (Wildman–Crippen MR) is 139 cm³/mol. The van der Waals surface area contributed by atoms with Crippen LogP contribution in [0, 0.1) is 11.2 Å². The highest BCUT2D eigenvalue weighted by Crippen LogP contribution is 2.59. The van der Waals surface area contributed by atoms with Crippen molar-refractivity contribution in [3.05, 3.63) is 51.6 Å². The maximum Gasteiger partial charge on any atom is 0.248 e. The zero-order valence-electron chi connectivity index (χ0n) is 19.0. The van der Waals surface area contributed by atoms with E-state index in [4.69, 9.17) is 5.73 Å². The number of carbonyl (C=O) groups excluding carboxylic acids is 2. The van der Waals surface area contributed by atoms with Gasteiger partial charge in [0.2, 0.25) is 11.8 Å². The molecule has 1 aliphatic heterocycles. The summed E-state index contributed by atoms with van der Waals surface area (Å²) in [4.78, 5) is 41.3. The Bertz CT molecular complexity index is 1590. The van der Waals surface area contributed by atoms with Crippen molar-refractivity contribution in [3.63, 3.8) is 0 Å². The number of hydrogen-bond acceptors (Lipinski definition) is 6. The topological polar surface area (TPSA) is 119 Å². The van der Waals surface area contributed by atoms with Gasteiger partial charge in [0.05, 0.1) is 10.9 Å². The molecule has 12 heteroatoms. The lowest BCUT2D eigenvalue weighted by Gasteiger charge is -2.27. The molecule has 3 atom stereocenters. The molecule has 6 rings (SSSR count). The van der Waals surface area contributed by atoms with Crippen LogP contribution in [-0.2, 0) is 16.1 Å². The van der Waals surface area contributed by atoms with E-state index in [-0.39, 0.29) is 41.2 Å². The molecule has 0 bridgehead atoms. The highest BCUT2D eigenvalue weighted by molar-refractivity contribution is 9.10. The summed E-state index contributed by atoms with van der Waals surface area (Å²) in [5.41, 5.74) is 6.58. The smallest absolute Gasteiger partial charge is 0.248 e. The first-order valence-corrected chi connectivity index (χ1v) is 12.9. The number of anilines is 2. The number of hydrogen-bond donors (Lipinski definition) is 2. The zero-order valence-corrected chi connectivity index (χ0v) is 22.2. The number of halogens is 3. The van der Waals surface area contributed by atoms with Crippen LogP contribution in [0.3, 0.4) is 0 Å². The number of amides is 2. The number of nitrogens with zero attached hydrogens (tertiary/aromatic N) is 5. The Kier molecular flexibility index (Phi) is 5.31. The molecule has 36 heavy (non-hydrogen) atoms. The Morgan fingerprint density at radius 1 is 1.25 bits per heavy atom. The monoisotopic (exact) mass is 615 g/mol. The summed E-state index contributed by atoms with van der Waals surface area (Å²) >= 11 is 6.62. The van der Waals surface area contributed by atoms with Gasteiger partial charge < -0.3 is 20.5 Å². The molecule has 1 saturated heterocycles. The summed E-state index contributed by atoms with van der Waals surface area (Å²) in [7, 11) is 0. The standard InChI is InChI=1S/C24H20Br2FN7O2/c1-24-7-14(23(36)32-17-4-2-3-16(26)31-17)34(15(24)8-24)18(35)9-33-20-12(5-11(25)6-13(20)27)19-21(28)29-10-30-22(19)33/h2-6,10,14-15H,7-9H2,1H3,(H2,28,29,30)(H,31,32,36)/t14-,15?,24-/m0/s1. The minimum Gasteiger partial charge on any atom is -0.383 e. The van der Waals surface area contributed by atoms with E-state index in [0.29, 0.717) is 37.7 Å². The van der Waals surface area contributed by atoms with Gasteiger partial charge in [-0.05, 0) is 58.5 Å². The number of nitrogens with two attached hydrogens (primary N) is 1. The number of nitrogen functional groups attached to an aromatic ring is 1. The molecule has 2 amide bonds. The first-order chi connectivity index (χ1) is 17.2. The second-order valence-corrected chi connectivity index (χ2v) is 11.3. The van der Waals surface area contributed by atoms with E-state index in [2.05, 4.69) is 59.1 Å². The number of carbonyl (C=O) groups is 2. The number of likely N-dealkylation sites (tertiary alicyclic amines) is 1. The summed E-state index contributed by atoms with van der Waals surface area (Å²) in [6.07, 6.45) is 2.66. The van der Waals surface area contributed by atoms with Gasteiger partial charge in [0.1, 0.15) is 46.6 Å². The Morgan fingerprint density at radius 2 is 2.06 bits per heavy atom. The van der Waals surface area contributed by atoms with Crippen LogP contribution in [0.5, 0.6) is 0 Å². The average Bonchev–Trinajstić information content (AvgIpc) is 3.21. The third-order valence-corrected chi connectivity index (χ3v) is 8.06. The van der Waals surface area contributed by atoms with E-state index in [9.17, 15) is 9.59 Å². The molecule has 4 aromatic rings. The Balaban J connectivity index is 1.37. The third kappa shape index (κ3) is 3.65. The molecule has 9 nitrogen and oxygen atoms in total. The van der Waals surface area contributed by atoms with Crippen molar-refractivity contribution in [2.24, 2.45) is 5.41 Å². The van der Waals surface area contributed by atoms with Crippen molar-refractivity contribution in [1.82, 2.24) is 24.4 Å². The summed E-state index contributed by atoms with van der Waals surface area (Å²) in [5, 5.41) is 3.82. The Morgan fingerprint density at radius 3 is 2.83 bits per heavy atom. The summed E-state index contributed by atoms with van der Waals surface area (Å²) in [6, 6.07) is 7.58. The number of nitrogens with one attached hydrogen (secondary N) is 1. The van der Waals surface area contributed by atoms with Gasteiger partial charge in [-0.25, -0.2) is 19.3 Å². The number of benzene rings is 1. The normalized spacial score (nSPS) is 22.7. The van der Waals surface area contributed by atoms with Gasteiger partial charge in [-0.15, -0.1) is 0 Å². The van der Waals surface area contributed by atoms with Crippen molar-refractivity contribution in [2.45, 2.75) is 38.4 Å². The molecule has 0 radical (unpaired) electrons. The number of rotatable bonds is 4. The van der Waals surface area contributed by atoms with Crippen LogP contribution in [0.15, 0.2) is 45.7 Å². The van der Waals surface area contributed by atoms with Crippen LogP contribution >= 0.6 is 31.9 Å². The van der Waals surface area contributed by atoms with Crippen LogP contribution in [0.25, 0.3) is 21.9 Å². The maximum absolute atomic E-state index is 15.2. The first kappa shape index (κ1) is 23.3. The Labute approximate surface area is 221 Å².